The molecule has 0 aliphatic carbocycles. The van der Waals surface area contributed by atoms with Crippen LogP contribution >= 0.6 is 0 Å². The van der Waals surface area contributed by atoms with Crippen molar-refractivity contribution in [2.75, 3.05) is 18.9 Å². The molecule has 0 saturated carbocycles. The minimum atomic E-state index is 0.166. The van der Waals surface area contributed by atoms with Crippen LogP contribution in [0.25, 0.3) is 0 Å². The number of hydrogen-bond acceptors (Lipinski definition) is 3. The lowest BCUT2D eigenvalue weighted by Gasteiger charge is -2.13. The van der Waals surface area contributed by atoms with Crippen molar-refractivity contribution >= 4 is 5.69 Å². The van der Waals surface area contributed by atoms with Crippen LogP contribution in [-0.2, 0) is 0 Å². The third-order valence-corrected chi connectivity index (χ3v) is 2.00. The normalized spacial score (nSPS) is 12.8. The van der Waals surface area contributed by atoms with E-state index in [1.165, 1.54) is 5.56 Å². The van der Waals surface area contributed by atoms with E-state index in [1.54, 1.807) is 0 Å². The Balaban J connectivity index is 2.55. The minimum absolute atomic E-state index is 0.166. The Hall–Kier alpha value is -1.06. The quantitative estimate of drug-likeness (QED) is 0.604. The van der Waals surface area contributed by atoms with Crippen molar-refractivity contribution in [3.05, 3.63) is 29.8 Å². The molecule has 0 saturated heterocycles. The molecule has 1 rings (SSSR count). The van der Waals surface area contributed by atoms with Crippen molar-refractivity contribution in [2.45, 2.75) is 13.0 Å². The van der Waals surface area contributed by atoms with Gasteiger partial charge >= 0.3 is 0 Å². The van der Waals surface area contributed by atoms with E-state index in [0.29, 0.717) is 6.54 Å². The summed E-state index contributed by atoms with van der Waals surface area (Å²) in [6.45, 7) is 2.84. The monoisotopic (exact) mass is 180 g/mol. The first-order valence-electron chi connectivity index (χ1n) is 4.43. The predicted molar refractivity (Wildman–Crippen MR) is 54.4 cm³/mol. The van der Waals surface area contributed by atoms with Crippen molar-refractivity contribution in [3.8, 4) is 0 Å². The number of nitrogens with two attached hydrogens (primary N) is 1. The van der Waals surface area contributed by atoms with E-state index in [9.17, 15) is 0 Å². The van der Waals surface area contributed by atoms with Crippen LogP contribution in [0.15, 0.2) is 24.3 Å². The zero-order chi connectivity index (χ0) is 9.68. The van der Waals surface area contributed by atoms with Gasteiger partial charge in [0.1, 0.15) is 0 Å². The third-order valence-electron chi connectivity index (χ3n) is 2.00. The Bertz CT molecular complexity index is 246. The van der Waals surface area contributed by atoms with E-state index < -0.39 is 0 Å². The summed E-state index contributed by atoms with van der Waals surface area (Å²) >= 11 is 0. The van der Waals surface area contributed by atoms with Gasteiger partial charge < -0.3 is 16.2 Å². The summed E-state index contributed by atoms with van der Waals surface area (Å²) in [4.78, 5) is 0. The summed E-state index contributed by atoms with van der Waals surface area (Å²) in [5.41, 5.74) is 7.53. The lowest BCUT2D eigenvalue weighted by molar-refractivity contribution is 0.286. The fourth-order valence-electron chi connectivity index (χ4n) is 1.18. The van der Waals surface area contributed by atoms with E-state index >= 15 is 0 Å². The van der Waals surface area contributed by atoms with Gasteiger partial charge in [0.05, 0.1) is 6.61 Å². The average molecular weight is 180 g/mol. The molecule has 72 valence electrons. The van der Waals surface area contributed by atoms with Gasteiger partial charge in [0.25, 0.3) is 0 Å². The molecule has 0 amide bonds. The molecule has 0 aromatic heterocycles. The molecule has 3 nitrogen and oxygen atoms in total. The first-order valence-corrected chi connectivity index (χ1v) is 4.43. The van der Waals surface area contributed by atoms with Crippen LogP contribution in [0.1, 0.15) is 18.5 Å². The second-order valence-corrected chi connectivity index (χ2v) is 3.07. The molecule has 0 bridgehead atoms. The van der Waals surface area contributed by atoms with E-state index in [0.717, 1.165) is 5.69 Å². The standard InChI is InChI=1S/C10H16N2O/c1-8(12-6-7-13)9-2-4-10(11)5-3-9/h2-5,8,12-13H,6-7,11H2,1H3. The highest BCUT2D eigenvalue weighted by molar-refractivity contribution is 5.39. The Labute approximate surface area is 78.6 Å². The van der Waals surface area contributed by atoms with E-state index in [2.05, 4.69) is 12.2 Å². The molecule has 0 spiro atoms. The number of rotatable bonds is 4. The van der Waals surface area contributed by atoms with Crippen molar-refractivity contribution in [1.82, 2.24) is 5.32 Å². The molecule has 0 fully saturated rings. The summed E-state index contributed by atoms with van der Waals surface area (Å²) in [7, 11) is 0. The largest absolute Gasteiger partial charge is 0.399 e. The molecule has 0 heterocycles. The maximum Gasteiger partial charge on any atom is 0.0556 e. The van der Waals surface area contributed by atoms with Gasteiger partial charge in [0.2, 0.25) is 0 Å². The first-order chi connectivity index (χ1) is 6.24. The van der Waals surface area contributed by atoms with Gasteiger partial charge in [-0.25, -0.2) is 0 Å². The fourth-order valence-corrected chi connectivity index (χ4v) is 1.18. The molecular formula is C10H16N2O. The number of anilines is 1. The number of nitrogen functional groups attached to an aromatic ring is 1. The highest BCUT2D eigenvalue weighted by atomic mass is 16.3. The van der Waals surface area contributed by atoms with E-state index in [4.69, 9.17) is 10.8 Å². The van der Waals surface area contributed by atoms with Crippen LogP contribution in [0.3, 0.4) is 0 Å². The van der Waals surface area contributed by atoms with Crippen molar-refractivity contribution in [1.29, 1.82) is 0 Å². The Kier molecular flexibility index (Phi) is 3.73. The average Bonchev–Trinajstić information content (AvgIpc) is 2.15. The fraction of sp³-hybridized carbons (Fsp3) is 0.400. The summed E-state index contributed by atoms with van der Waals surface area (Å²) in [5, 5.41) is 11.8. The summed E-state index contributed by atoms with van der Waals surface area (Å²) in [5.74, 6) is 0. The highest BCUT2D eigenvalue weighted by Gasteiger charge is 2.02. The van der Waals surface area contributed by atoms with Crippen molar-refractivity contribution in [3.63, 3.8) is 0 Å². The second-order valence-electron chi connectivity index (χ2n) is 3.07. The van der Waals surface area contributed by atoms with Crippen LogP contribution in [-0.4, -0.2) is 18.3 Å². The molecule has 4 N–H and O–H groups in total. The lowest BCUT2D eigenvalue weighted by atomic mass is 10.1. The maximum absolute atomic E-state index is 8.62. The molecule has 1 atom stereocenters. The Morgan fingerprint density at radius 2 is 2.00 bits per heavy atom. The zero-order valence-corrected chi connectivity index (χ0v) is 7.83. The van der Waals surface area contributed by atoms with Crippen LogP contribution in [0.2, 0.25) is 0 Å². The first kappa shape index (κ1) is 10.0. The van der Waals surface area contributed by atoms with Crippen LogP contribution in [0.5, 0.6) is 0 Å². The van der Waals surface area contributed by atoms with Crippen LogP contribution in [0.4, 0.5) is 5.69 Å². The second kappa shape index (κ2) is 4.84. The van der Waals surface area contributed by atoms with Gasteiger partial charge in [-0.1, -0.05) is 12.1 Å². The number of nitrogens with one attached hydrogen (secondary N) is 1. The van der Waals surface area contributed by atoms with Gasteiger partial charge in [-0.05, 0) is 24.6 Å². The van der Waals surface area contributed by atoms with Gasteiger partial charge in [-0.3, -0.25) is 0 Å². The molecule has 1 unspecified atom stereocenters. The van der Waals surface area contributed by atoms with Gasteiger partial charge in [0, 0.05) is 18.3 Å². The van der Waals surface area contributed by atoms with E-state index in [-0.39, 0.29) is 12.6 Å². The number of aliphatic hydroxyl groups is 1. The molecule has 3 heteroatoms. The van der Waals surface area contributed by atoms with Crippen LogP contribution < -0.4 is 11.1 Å². The Morgan fingerprint density at radius 1 is 1.38 bits per heavy atom. The number of hydrogen-bond donors (Lipinski definition) is 3. The topological polar surface area (TPSA) is 58.3 Å². The molecule has 1 aromatic carbocycles. The predicted octanol–water partition coefficient (Wildman–Crippen LogP) is 0.912. The van der Waals surface area contributed by atoms with Crippen molar-refractivity contribution < 1.29 is 5.11 Å². The summed E-state index contributed by atoms with van der Waals surface area (Å²) in [6.07, 6.45) is 0. The molecule has 1 aromatic rings. The van der Waals surface area contributed by atoms with Crippen LogP contribution in [0, 0.1) is 0 Å². The molecule has 0 aliphatic rings. The van der Waals surface area contributed by atoms with Gasteiger partial charge in [-0.15, -0.1) is 0 Å². The molecule has 0 aliphatic heterocycles. The van der Waals surface area contributed by atoms with Gasteiger partial charge in [0.15, 0.2) is 0 Å². The minimum Gasteiger partial charge on any atom is -0.399 e. The maximum atomic E-state index is 8.62. The van der Waals surface area contributed by atoms with E-state index in [1.807, 2.05) is 24.3 Å². The third kappa shape index (κ3) is 3.05. The SMILES string of the molecule is CC(NCCO)c1ccc(N)cc1. The number of benzene rings is 1. The molecule has 13 heavy (non-hydrogen) atoms. The highest BCUT2D eigenvalue weighted by Crippen LogP contribution is 2.13. The van der Waals surface area contributed by atoms with Gasteiger partial charge in [-0.2, -0.15) is 0 Å². The summed E-state index contributed by atoms with van der Waals surface area (Å²) < 4.78 is 0. The number of aliphatic hydroxyl groups excluding tert-OH is 1. The summed E-state index contributed by atoms with van der Waals surface area (Å²) in [6, 6.07) is 8.00. The molecule has 0 radical (unpaired) electrons. The lowest BCUT2D eigenvalue weighted by Crippen LogP contribution is -2.21. The smallest absolute Gasteiger partial charge is 0.0556 e. The Morgan fingerprint density at radius 3 is 2.54 bits per heavy atom. The van der Waals surface area contributed by atoms with Crippen molar-refractivity contribution in [2.24, 2.45) is 0 Å². The molecular weight excluding hydrogens is 164 g/mol. The zero-order valence-electron chi connectivity index (χ0n) is 7.83.